The molecule has 0 bridgehead atoms. The van der Waals surface area contributed by atoms with Crippen LogP contribution in [-0.4, -0.2) is 30.1 Å². The fourth-order valence-corrected chi connectivity index (χ4v) is 3.94. The highest BCUT2D eigenvalue weighted by molar-refractivity contribution is 7.89. The number of aryl methyl sites for hydroxylation is 1. The number of halogens is 1. The molecule has 2 aromatic rings. The highest BCUT2D eigenvalue weighted by atomic mass is 35.5. The van der Waals surface area contributed by atoms with Crippen LogP contribution < -0.4 is 4.72 Å². The van der Waals surface area contributed by atoms with Crippen molar-refractivity contribution in [3.63, 3.8) is 0 Å². The number of carbonyl (C=O) groups excluding carboxylic acids is 1. The normalized spacial score (nSPS) is 12.2. The first-order chi connectivity index (χ1) is 12.0. The van der Waals surface area contributed by atoms with Crippen LogP contribution in [0.4, 0.5) is 0 Å². The zero-order valence-corrected chi connectivity index (χ0v) is 16.4. The second-order valence-electron chi connectivity index (χ2n) is 6.52. The number of rotatable bonds is 6. The topological polar surface area (TPSA) is 111 Å². The second-order valence-corrected chi connectivity index (χ2v) is 8.58. The number of ether oxygens (including phenoxy) is 1. The summed E-state index contributed by atoms with van der Waals surface area (Å²) in [6, 6.07) is 3.88. The van der Waals surface area contributed by atoms with E-state index < -0.39 is 21.5 Å². The number of nitrogens with zero attached hydrogens (tertiary/aromatic N) is 2. The van der Waals surface area contributed by atoms with Crippen molar-refractivity contribution in [3.8, 4) is 0 Å². The summed E-state index contributed by atoms with van der Waals surface area (Å²) in [5, 5.41) is 7.51. The first-order valence-electron chi connectivity index (χ1n) is 7.84. The number of hydrogen-bond donors (Lipinski definition) is 1. The van der Waals surface area contributed by atoms with Gasteiger partial charge in [-0.05, 0) is 39.0 Å². The van der Waals surface area contributed by atoms with Gasteiger partial charge >= 0.3 is 5.97 Å². The predicted octanol–water partition coefficient (Wildman–Crippen LogP) is 2.72. The van der Waals surface area contributed by atoms with Crippen LogP contribution in [0, 0.1) is 0 Å². The quantitative estimate of drug-likeness (QED) is 0.740. The highest BCUT2D eigenvalue weighted by Crippen LogP contribution is 2.24. The van der Waals surface area contributed by atoms with Crippen molar-refractivity contribution in [3.05, 3.63) is 40.6 Å². The fraction of sp³-hybridized carbons (Fsp3) is 0.438. The monoisotopic (exact) mass is 401 g/mol. The van der Waals surface area contributed by atoms with Gasteiger partial charge in [0.05, 0.1) is 10.6 Å². The molecule has 0 saturated heterocycles. The van der Waals surface area contributed by atoms with Crippen molar-refractivity contribution in [1.82, 2.24) is 14.9 Å². The largest absolute Gasteiger partial charge is 0.452 e. The molecule has 0 fully saturated rings. The molecule has 1 aromatic heterocycles. The molecule has 0 saturated carbocycles. The minimum absolute atomic E-state index is 0.00258. The Hall–Kier alpha value is -1.97. The van der Waals surface area contributed by atoms with Crippen molar-refractivity contribution in [2.24, 2.45) is 0 Å². The summed E-state index contributed by atoms with van der Waals surface area (Å²) < 4.78 is 37.8. The van der Waals surface area contributed by atoms with E-state index in [1.54, 1.807) is 20.8 Å². The molecule has 1 aromatic carbocycles. The molecule has 0 amide bonds. The minimum atomic E-state index is -3.90. The van der Waals surface area contributed by atoms with Crippen LogP contribution in [0.1, 0.15) is 49.8 Å². The number of esters is 1. The van der Waals surface area contributed by atoms with E-state index in [0.717, 1.165) is 0 Å². The fourth-order valence-electron chi connectivity index (χ4n) is 1.99. The number of carbonyl (C=O) groups is 1. The average Bonchev–Trinajstić information content (AvgIpc) is 2.98. The first-order valence-corrected chi connectivity index (χ1v) is 9.70. The second kappa shape index (κ2) is 7.73. The lowest BCUT2D eigenvalue weighted by atomic mass is 10.1. The van der Waals surface area contributed by atoms with Crippen LogP contribution in [0.3, 0.4) is 0 Å². The molecule has 1 N–H and O–H groups in total. The van der Waals surface area contributed by atoms with Gasteiger partial charge in [-0.3, -0.25) is 0 Å². The van der Waals surface area contributed by atoms with E-state index in [1.165, 1.54) is 18.2 Å². The highest BCUT2D eigenvalue weighted by Gasteiger charge is 2.25. The van der Waals surface area contributed by atoms with Crippen LogP contribution >= 0.6 is 11.6 Å². The van der Waals surface area contributed by atoms with Gasteiger partial charge in [-0.25, -0.2) is 17.9 Å². The Morgan fingerprint density at radius 3 is 2.50 bits per heavy atom. The van der Waals surface area contributed by atoms with E-state index in [9.17, 15) is 13.2 Å². The van der Waals surface area contributed by atoms with E-state index in [4.69, 9.17) is 20.8 Å². The third-order valence-corrected chi connectivity index (χ3v) is 5.27. The van der Waals surface area contributed by atoms with E-state index in [0.29, 0.717) is 12.3 Å². The molecule has 142 valence electrons. The van der Waals surface area contributed by atoms with Crippen LogP contribution in [-0.2, 0) is 27.8 Å². The van der Waals surface area contributed by atoms with Gasteiger partial charge in [-0.2, -0.15) is 0 Å². The van der Waals surface area contributed by atoms with Crippen molar-refractivity contribution in [2.75, 3.05) is 0 Å². The zero-order valence-electron chi connectivity index (χ0n) is 14.9. The predicted molar refractivity (Wildman–Crippen MR) is 94.3 cm³/mol. The molecule has 8 nitrogen and oxygen atoms in total. The molecular formula is C16H20ClN3O5S. The van der Waals surface area contributed by atoms with Gasteiger partial charge in [0.2, 0.25) is 15.9 Å². The number of nitrogens with one attached hydrogen (secondary N) is 1. The molecule has 0 aliphatic carbocycles. The van der Waals surface area contributed by atoms with Crippen LogP contribution in [0.2, 0.25) is 5.02 Å². The first kappa shape index (κ1) is 20.3. The lowest BCUT2D eigenvalue weighted by molar-refractivity contribution is 0.0436. The Labute approximate surface area is 156 Å². The van der Waals surface area contributed by atoms with Crippen molar-refractivity contribution >= 4 is 27.6 Å². The number of aromatic nitrogens is 2. The van der Waals surface area contributed by atoms with Crippen LogP contribution in [0.15, 0.2) is 27.5 Å². The zero-order chi connectivity index (χ0) is 19.5. The summed E-state index contributed by atoms with van der Waals surface area (Å²) in [6.07, 6.45) is 0.570. The van der Waals surface area contributed by atoms with Crippen molar-refractivity contribution in [2.45, 2.75) is 51.2 Å². The SMILES string of the molecule is CCc1nnc(COC(=O)c2ccc(Cl)c(S(=O)(=O)NC(C)(C)C)c2)o1. The standard InChI is InChI=1S/C16H20ClN3O5S/c1-5-13-18-19-14(25-13)9-24-15(21)10-6-7-11(17)12(8-10)26(22,23)20-16(2,3)4/h6-8,20H,5,9H2,1-4H3. The molecule has 0 unspecified atom stereocenters. The molecule has 0 aliphatic heterocycles. The molecular weight excluding hydrogens is 382 g/mol. The van der Waals surface area contributed by atoms with Gasteiger partial charge in [0.1, 0.15) is 4.90 Å². The smallest absolute Gasteiger partial charge is 0.338 e. The van der Waals surface area contributed by atoms with E-state index in [2.05, 4.69) is 14.9 Å². The third kappa shape index (κ3) is 5.26. The Balaban J connectivity index is 2.18. The molecule has 26 heavy (non-hydrogen) atoms. The maximum absolute atomic E-state index is 12.5. The summed E-state index contributed by atoms with van der Waals surface area (Å²) in [5.41, 5.74) is -0.660. The lowest BCUT2D eigenvalue weighted by Crippen LogP contribution is -2.40. The minimum Gasteiger partial charge on any atom is -0.452 e. The van der Waals surface area contributed by atoms with Gasteiger partial charge in [0.25, 0.3) is 5.89 Å². The van der Waals surface area contributed by atoms with Gasteiger partial charge in [0, 0.05) is 12.0 Å². The Kier molecular flexibility index (Phi) is 6.05. The van der Waals surface area contributed by atoms with Gasteiger partial charge in [-0.1, -0.05) is 18.5 Å². The molecule has 2 rings (SSSR count). The van der Waals surface area contributed by atoms with E-state index in [1.807, 2.05) is 6.92 Å². The van der Waals surface area contributed by atoms with Crippen molar-refractivity contribution < 1.29 is 22.4 Å². The number of hydrogen-bond acceptors (Lipinski definition) is 7. The molecule has 0 spiro atoms. The maximum Gasteiger partial charge on any atom is 0.338 e. The summed E-state index contributed by atoms with van der Waals surface area (Å²) in [4.78, 5) is 12.0. The van der Waals surface area contributed by atoms with E-state index in [-0.39, 0.29) is 28.0 Å². The summed E-state index contributed by atoms with van der Waals surface area (Å²) in [6.45, 7) is 6.74. The molecule has 0 aliphatic rings. The number of sulfonamides is 1. The molecule has 10 heteroatoms. The summed E-state index contributed by atoms with van der Waals surface area (Å²) in [7, 11) is -3.90. The Morgan fingerprint density at radius 1 is 1.27 bits per heavy atom. The lowest BCUT2D eigenvalue weighted by Gasteiger charge is -2.21. The molecule has 0 radical (unpaired) electrons. The van der Waals surface area contributed by atoms with Crippen molar-refractivity contribution in [1.29, 1.82) is 0 Å². The number of benzene rings is 1. The summed E-state index contributed by atoms with van der Waals surface area (Å²) >= 11 is 6.00. The molecule has 0 atom stereocenters. The van der Waals surface area contributed by atoms with Gasteiger partial charge in [0.15, 0.2) is 6.61 Å². The Bertz CT molecular complexity index is 903. The van der Waals surface area contributed by atoms with Gasteiger partial charge < -0.3 is 9.15 Å². The van der Waals surface area contributed by atoms with Crippen LogP contribution in [0.5, 0.6) is 0 Å². The third-order valence-electron chi connectivity index (χ3n) is 3.03. The summed E-state index contributed by atoms with van der Waals surface area (Å²) in [5.74, 6) is -0.138. The maximum atomic E-state index is 12.5. The van der Waals surface area contributed by atoms with E-state index >= 15 is 0 Å². The Morgan fingerprint density at radius 2 is 1.92 bits per heavy atom. The van der Waals surface area contributed by atoms with Gasteiger partial charge in [-0.15, -0.1) is 10.2 Å². The van der Waals surface area contributed by atoms with Crippen LogP contribution in [0.25, 0.3) is 0 Å². The average molecular weight is 402 g/mol. The molecule has 1 heterocycles.